The van der Waals surface area contributed by atoms with Gasteiger partial charge in [-0.05, 0) is 43.9 Å². The number of carboxylic acids is 1. The first-order chi connectivity index (χ1) is 8.84. The van der Waals surface area contributed by atoms with Crippen LogP contribution in [0.4, 0.5) is 0 Å². The van der Waals surface area contributed by atoms with Gasteiger partial charge in [-0.25, -0.2) is 4.79 Å². The first-order valence-electron chi connectivity index (χ1n) is 6.53. The van der Waals surface area contributed by atoms with Gasteiger partial charge in [0.25, 0.3) is 0 Å². The van der Waals surface area contributed by atoms with Gasteiger partial charge in [0, 0.05) is 11.0 Å². The Morgan fingerprint density at radius 3 is 2.42 bits per heavy atom. The third kappa shape index (κ3) is 2.35. The second kappa shape index (κ2) is 4.69. The molecule has 1 N–H and O–H groups in total. The Morgan fingerprint density at radius 2 is 1.84 bits per heavy atom. The van der Waals surface area contributed by atoms with E-state index in [1.54, 1.807) is 6.08 Å². The molecule has 1 aromatic rings. The standard InChI is InChI=1S/C17H20O2/c1-11-5-8-15(16(18)19)17(4,10-11)14-7-6-12(2)13(3)9-14/h5-9H,10H2,1-4H3,(H,18,19). The molecule has 1 unspecified atom stereocenters. The maximum Gasteiger partial charge on any atom is 0.332 e. The van der Waals surface area contributed by atoms with E-state index >= 15 is 0 Å². The minimum Gasteiger partial charge on any atom is -0.478 e. The number of carbonyl (C=O) groups is 1. The highest BCUT2D eigenvalue weighted by atomic mass is 16.4. The minimum atomic E-state index is -0.829. The van der Waals surface area contributed by atoms with E-state index in [0.29, 0.717) is 5.57 Å². The summed E-state index contributed by atoms with van der Waals surface area (Å²) in [4.78, 5) is 11.5. The van der Waals surface area contributed by atoms with E-state index in [-0.39, 0.29) is 0 Å². The lowest BCUT2D eigenvalue weighted by Gasteiger charge is -2.34. The van der Waals surface area contributed by atoms with Crippen molar-refractivity contribution in [2.45, 2.75) is 39.5 Å². The topological polar surface area (TPSA) is 37.3 Å². The van der Waals surface area contributed by atoms with Crippen molar-refractivity contribution in [1.29, 1.82) is 0 Å². The fourth-order valence-corrected chi connectivity index (χ4v) is 2.77. The number of allylic oxidation sites excluding steroid dienone is 3. The van der Waals surface area contributed by atoms with Gasteiger partial charge in [0.1, 0.15) is 0 Å². The molecule has 0 radical (unpaired) electrons. The van der Waals surface area contributed by atoms with Crippen LogP contribution in [0.25, 0.3) is 0 Å². The Balaban J connectivity index is 2.57. The number of rotatable bonds is 2. The molecule has 0 amide bonds. The zero-order valence-corrected chi connectivity index (χ0v) is 11.9. The van der Waals surface area contributed by atoms with Crippen LogP contribution in [0.3, 0.4) is 0 Å². The molecule has 1 aliphatic rings. The lowest BCUT2D eigenvalue weighted by atomic mass is 9.69. The Hall–Kier alpha value is -1.83. The summed E-state index contributed by atoms with van der Waals surface area (Å²) in [5, 5.41) is 9.45. The quantitative estimate of drug-likeness (QED) is 0.870. The van der Waals surface area contributed by atoms with Crippen LogP contribution in [-0.4, -0.2) is 11.1 Å². The van der Waals surface area contributed by atoms with Gasteiger partial charge in [0.05, 0.1) is 0 Å². The summed E-state index contributed by atoms with van der Waals surface area (Å²) in [5.41, 5.74) is 4.76. The van der Waals surface area contributed by atoms with Gasteiger partial charge in [0.15, 0.2) is 0 Å². The first kappa shape index (κ1) is 13.6. The molecule has 0 saturated carbocycles. The normalized spacial score (nSPS) is 22.7. The Morgan fingerprint density at radius 1 is 1.16 bits per heavy atom. The van der Waals surface area contributed by atoms with Crippen molar-refractivity contribution in [1.82, 2.24) is 0 Å². The highest BCUT2D eigenvalue weighted by Crippen LogP contribution is 2.41. The van der Waals surface area contributed by atoms with Gasteiger partial charge in [-0.3, -0.25) is 0 Å². The van der Waals surface area contributed by atoms with E-state index < -0.39 is 11.4 Å². The van der Waals surface area contributed by atoms with E-state index in [9.17, 15) is 9.90 Å². The third-order valence-electron chi connectivity index (χ3n) is 4.14. The minimum absolute atomic E-state index is 0.441. The molecule has 0 aliphatic heterocycles. The lowest BCUT2D eigenvalue weighted by Crippen LogP contribution is -2.31. The van der Waals surface area contributed by atoms with Crippen LogP contribution < -0.4 is 0 Å². The summed E-state index contributed by atoms with van der Waals surface area (Å²) in [6, 6.07) is 6.24. The molecule has 2 rings (SSSR count). The van der Waals surface area contributed by atoms with Gasteiger partial charge in [-0.1, -0.05) is 42.8 Å². The van der Waals surface area contributed by atoms with Crippen LogP contribution in [0.2, 0.25) is 0 Å². The number of aliphatic carboxylic acids is 1. The second-order valence-corrected chi connectivity index (χ2v) is 5.71. The van der Waals surface area contributed by atoms with Gasteiger partial charge < -0.3 is 5.11 Å². The molecule has 1 aromatic carbocycles. The summed E-state index contributed by atoms with van der Waals surface area (Å²) >= 11 is 0. The summed E-state index contributed by atoms with van der Waals surface area (Å²) in [7, 11) is 0. The van der Waals surface area contributed by atoms with E-state index in [1.165, 1.54) is 16.7 Å². The molecule has 0 saturated heterocycles. The van der Waals surface area contributed by atoms with Crippen LogP contribution >= 0.6 is 0 Å². The molecule has 0 fully saturated rings. The van der Waals surface area contributed by atoms with Gasteiger partial charge in [0.2, 0.25) is 0 Å². The van der Waals surface area contributed by atoms with Gasteiger partial charge >= 0.3 is 5.97 Å². The molecule has 0 bridgehead atoms. The van der Waals surface area contributed by atoms with E-state index in [2.05, 4.69) is 39.0 Å². The molecule has 0 heterocycles. The van der Waals surface area contributed by atoms with Crippen molar-refractivity contribution in [2.75, 3.05) is 0 Å². The highest BCUT2D eigenvalue weighted by Gasteiger charge is 2.36. The average Bonchev–Trinajstić information content (AvgIpc) is 2.31. The molecule has 0 spiro atoms. The number of carboxylic acid groups (broad SMARTS) is 1. The molecule has 19 heavy (non-hydrogen) atoms. The molecule has 1 aliphatic carbocycles. The Bertz CT molecular complexity index is 593. The largest absolute Gasteiger partial charge is 0.478 e. The summed E-state index contributed by atoms with van der Waals surface area (Å²) in [6.07, 6.45) is 4.41. The number of benzene rings is 1. The van der Waals surface area contributed by atoms with Crippen LogP contribution in [0.15, 0.2) is 41.5 Å². The number of aryl methyl sites for hydroxylation is 2. The van der Waals surface area contributed by atoms with Crippen molar-refractivity contribution < 1.29 is 9.90 Å². The zero-order valence-electron chi connectivity index (χ0n) is 11.9. The molecular weight excluding hydrogens is 236 g/mol. The first-order valence-corrected chi connectivity index (χ1v) is 6.53. The van der Waals surface area contributed by atoms with Gasteiger partial charge in [-0.2, -0.15) is 0 Å². The average molecular weight is 256 g/mol. The van der Waals surface area contributed by atoms with E-state index in [1.807, 2.05) is 13.0 Å². The van der Waals surface area contributed by atoms with Crippen LogP contribution in [0.1, 0.15) is 37.0 Å². The zero-order chi connectivity index (χ0) is 14.2. The predicted molar refractivity (Wildman–Crippen MR) is 77.4 cm³/mol. The van der Waals surface area contributed by atoms with Crippen molar-refractivity contribution in [2.24, 2.45) is 0 Å². The lowest BCUT2D eigenvalue weighted by molar-refractivity contribution is -0.133. The molecular formula is C17H20O2. The molecule has 0 aromatic heterocycles. The smallest absolute Gasteiger partial charge is 0.332 e. The number of hydrogen-bond acceptors (Lipinski definition) is 1. The summed E-state index contributed by atoms with van der Waals surface area (Å²) in [5.74, 6) is -0.829. The fraction of sp³-hybridized carbons (Fsp3) is 0.353. The van der Waals surface area contributed by atoms with E-state index in [0.717, 1.165) is 12.0 Å². The molecule has 1 atom stereocenters. The molecule has 2 nitrogen and oxygen atoms in total. The van der Waals surface area contributed by atoms with Crippen LogP contribution in [-0.2, 0) is 10.2 Å². The van der Waals surface area contributed by atoms with Crippen molar-refractivity contribution in [3.05, 3.63) is 58.2 Å². The van der Waals surface area contributed by atoms with Crippen molar-refractivity contribution in [3.63, 3.8) is 0 Å². The monoisotopic (exact) mass is 256 g/mol. The second-order valence-electron chi connectivity index (χ2n) is 5.71. The number of hydrogen-bond donors (Lipinski definition) is 1. The van der Waals surface area contributed by atoms with Crippen molar-refractivity contribution in [3.8, 4) is 0 Å². The summed E-state index contributed by atoms with van der Waals surface area (Å²) < 4.78 is 0. The Labute approximate surface area is 114 Å². The SMILES string of the molecule is CC1=CC=C(C(=O)O)C(C)(c2ccc(C)c(C)c2)C1. The van der Waals surface area contributed by atoms with E-state index in [4.69, 9.17) is 0 Å². The van der Waals surface area contributed by atoms with Crippen LogP contribution in [0, 0.1) is 13.8 Å². The third-order valence-corrected chi connectivity index (χ3v) is 4.14. The van der Waals surface area contributed by atoms with Crippen LogP contribution in [0.5, 0.6) is 0 Å². The van der Waals surface area contributed by atoms with Crippen molar-refractivity contribution >= 4 is 5.97 Å². The Kier molecular flexibility index (Phi) is 3.36. The fourth-order valence-electron chi connectivity index (χ4n) is 2.77. The molecule has 2 heteroatoms. The maximum atomic E-state index is 11.5. The summed E-state index contributed by atoms with van der Waals surface area (Å²) in [6.45, 7) is 8.21. The van der Waals surface area contributed by atoms with Gasteiger partial charge in [-0.15, -0.1) is 0 Å². The molecule has 100 valence electrons. The predicted octanol–water partition coefficient (Wildman–Crippen LogP) is 3.92. The highest BCUT2D eigenvalue weighted by molar-refractivity contribution is 5.90. The maximum absolute atomic E-state index is 11.5.